The SMILES string of the molecule is Cc1ccc(S(=O)(=O)Nc2ccccc2C(=O)Nc2ccc(-c3ccccc3)cc2)cc1. The standard InChI is InChI=1S/C26H22N2O3S/c1-19-11-17-23(18-12-19)32(30,31)28-25-10-6-5-9-24(25)26(29)27-22-15-13-21(14-16-22)20-7-3-2-4-8-20/h2-18,28H,1H3,(H,27,29). The highest BCUT2D eigenvalue weighted by molar-refractivity contribution is 7.92. The summed E-state index contributed by atoms with van der Waals surface area (Å²) >= 11 is 0. The zero-order chi connectivity index (χ0) is 22.6. The van der Waals surface area contributed by atoms with Gasteiger partial charge in [-0.3, -0.25) is 9.52 Å². The lowest BCUT2D eigenvalue weighted by Gasteiger charge is -2.13. The van der Waals surface area contributed by atoms with Crippen LogP contribution >= 0.6 is 0 Å². The van der Waals surface area contributed by atoms with E-state index < -0.39 is 15.9 Å². The molecule has 0 unspecified atom stereocenters. The largest absolute Gasteiger partial charge is 0.322 e. The Labute approximate surface area is 187 Å². The average molecular weight is 443 g/mol. The molecule has 0 atom stereocenters. The minimum Gasteiger partial charge on any atom is -0.322 e. The van der Waals surface area contributed by atoms with Crippen molar-refractivity contribution in [2.75, 3.05) is 10.0 Å². The summed E-state index contributed by atoms with van der Waals surface area (Å²) in [6, 6.07) is 30.5. The summed E-state index contributed by atoms with van der Waals surface area (Å²) < 4.78 is 28.1. The molecule has 0 spiro atoms. The van der Waals surface area contributed by atoms with Crippen LogP contribution in [0.25, 0.3) is 11.1 Å². The molecule has 5 nitrogen and oxygen atoms in total. The lowest BCUT2D eigenvalue weighted by molar-refractivity contribution is 0.102. The van der Waals surface area contributed by atoms with Crippen molar-refractivity contribution in [1.29, 1.82) is 0 Å². The maximum atomic E-state index is 12.9. The third-order valence-corrected chi connectivity index (χ3v) is 6.38. The second-order valence-electron chi connectivity index (χ2n) is 7.36. The van der Waals surface area contributed by atoms with Crippen LogP contribution in [-0.2, 0) is 10.0 Å². The topological polar surface area (TPSA) is 75.3 Å². The van der Waals surface area contributed by atoms with Crippen LogP contribution in [0.5, 0.6) is 0 Å². The van der Waals surface area contributed by atoms with Crippen LogP contribution in [0.3, 0.4) is 0 Å². The van der Waals surface area contributed by atoms with Gasteiger partial charge in [-0.05, 0) is 54.4 Å². The molecular formula is C26H22N2O3S. The summed E-state index contributed by atoms with van der Waals surface area (Å²) in [5.41, 5.74) is 4.14. The maximum absolute atomic E-state index is 12.9. The van der Waals surface area contributed by atoms with Crippen molar-refractivity contribution in [3.05, 3.63) is 114 Å². The van der Waals surface area contributed by atoms with Gasteiger partial charge < -0.3 is 5.32 Å². The average Bonchev–Trinajstić information content (AvgIpc) is 2.80. The highest BCUT2D eigenvalue weighted by Crippen LogP contribution is 2.24. The van der Waals surface area contributed by atoms with Gasteiger partial charge in [0.05, 0.1) is 16.1 Å². The number of carbonyl (C=O) groups excluding carboxylic acids is 1. The van der Waals surface area contributed by atoms with Crippen molar-refractivity contribution in [2.24, 2.45) is 0 Å². The number of amides is 1. The Bertz CT molecular complexity index is 1330. The van der Waals surface area contributed by atoms with Gasteiger partial charge in [0.15, 0.2) is 0 Å². The van der Waals surface area contributed by atoms with E-state index in [2.05, 4.69) is 10.0 Å². The lowest BCUT2D eigenvalue weighted by Crippen LogP contribution is -2.18. The van der Waals surface area contributed by atoms with E-state index in [1.165, 1.54) is 12.1 Å². The minimum absolute atomic E-state index is 0.134. The van der Waals surface area contributed by atoms with E-state index in [4.69, 9.17) is 0 Å². The fraction of sp³-hybridized carbons (Fsp3) is 0.0385. The van der Waals surface area contributed by atoms with Crippen LogP contribution in [0.2, 0.25) is 0 Å². The van der Waals surface area contributed by atoms with Gasteiger partial charge in [-0.25, -0.2) is 8.42 Å². The molecule has 160 valence electrons. The molecule has 0 aliphatic rings. The van der Waals surface area contributed by atoms with Gasteiger partial charge in [0, 0.05) is 5.69 Å². The van der Waals surface area contributed by atoms with Crippen LogP contribution in [0.4, 0.5) is 11.4 Å². The van der Waals surface area contributed by atoms with Crippen molar-refractivity contribution in [3.63, 3.8) is 0 Å². The highest BCUT2D eigenvalue weighted by Gasteiger charge is 2.18. The van der Waals surface area contributed by atoms with E-state index in [0.717, 1.165) is 16.7 Å². The van der Waals surface area contributed by atoms with Crippen molar-refractivity contribution in [1.82, 2.24) is 0 Å². The molecular weight excluding hydrogens is 420 g/mol. The second-order valence-corrected chi connectivity index (χ2v) is 9.04. The van der Waals surface area contributed by atoms with E-state index in [1.54, 1.807) is 36.4 Å². The Morgan fingerprint density at radius 2 is 1.28 bits per heavy atom. The fourth-order valence-corrected chi connectivity index (χ4v) is 4.35. The number of benzene rings is 4. The van der Waals surface area contributed by atoms with Crippen molar-refractivity contribution in [3.8, 4) is 11.1 Å². The van der Waals surface area contributed by atoms with Gasteiger partial charge in [-0.1, -0.05) is 72.3 Å². The number of anilines is 2. The van der Waals surface area contributed by atoms with Gasteiger partial charge >= 0.3 is 0 Å². The smallest absolute Gasteiger partial charge is 0.261 e. The summed E-state index contributed by atoms with van der Waals surface area (Å²) in [5, 5.41) is 2.84. The molecule has 4 rings (SSSR count). The van der Waals surface area contributed by atoms with Gasteiger partial charge in [0.1, 0.15) is 0 Å². The lowest BCUT2D eigenvalue weighted by atomic mass is 10.1. The molecule has 6 heteroatoms. The number of para-hydroxylation sites is 1. The predicted octanol–water partition coefficient (Wildman–Crippen LogP) is 5.72. The highest BCUT2D eigenvalue weighted by atomic mass is 32.2. The van der Waals surface area contributed by atoms with Gasteiger partial charge in [-0.15, -0.1) is 0 Å². The number of hydrogen-bond donors (Lipinski definition) is 2. The molecule has 1 amide bonds. The third-order valence-electron chi connectivity index (χ3n) is 5.00. The summed E-state index contributed by atoms with van der Waals surface area (Å²) in [6.45, 7) is 1.88. The number of aryl methyl sites for hydroxylation is 1. The van der Waals surface area contributed by atoms with E-state index >= 15 is 0 Å². The molecule has 0 heterocycles. The first kappa shape index (κ1) is 21.3. The number of sulfonamides is 1. The van der Waals surface area contributed by atoms with Crippen LogP contribution in [0, 0.1) is 6.92 Å². The molecule has 0 saturated carbocycles. The van der Waals surface area contributed by atoms with Gasteiger partial charge in [0.2, 0.25) is 0 Å². The number of rotatable bonds is 6. The number of hydrogen-bond acceptors (Lipinski definition) is 3. The van der Waals surface area contributed by atoms with E-state index in [9.17, 15) is 13.2 Å². The molecule has 32 heavy (non-hydrogen) atoms. The summed E-state index contributed by atoms with van der Waals surface area (Å²) in [5.74, 6) is -0.403. The predicted molar refractivity (Wildman–Crippen MR) is 128 cm³/mol. The van der Waals surface area contributed by atoms with Crippen LogP contribution in [0.1, 0.15) is 15.9 Å². The normalized spacial score (nSPS) is 11.0. The molecule has 0 aliphatic carbocycles. The van der Waals surface area contributed by atoms with Crippen LogP contribution < -0.4 is 10.0 Å². The number of nitrogens with one attached hydrogen (secondary N) is 2. The fourth-order valence-electron chi connectivity index (χ4n) is 3.27. The Kier molecular flexibility index (Phi) is 6.05. The Morgan fingerprint density at radius 1 is 0.688 bits per heavy atom. The molecule has 4 aromatic carbocycles. The third kappa shape index (κ3) is 4.87. The molecule has 4 aromatic rings. The zero-order valence-electron chi connectivity index (χ0n) is 17.4. The number of carbonyl (C=O) groups is 1. The maximum Gasteiger partial charge on any atom is 0.261 e. The molecule has 0 saturated heterocycles. The first-order valence-electron chi connectivity index (χ1n) is 10.1. The van der Waals surface area contributed by atoms with Crippen LogP contribution in [0.15, 0.2) is 108 Å². The zero-order valence-corrected chi connectivity index (χ0v) is 18.3. The first-order chi connectivity index (χ1) is 15.4. The first-order valence-corrected chi connectivity index (χ1v) is 11.6. The minimum atomic E-state index is -3.83. The van der Waals surface area contributed by atoms with Gasteiger partial charge in [-0.2, -0.15) is 0 Å². The van der Waals surface area contributed by atoms with Crippen molar-refractivity contribution in [2.45, 2.75) is 11.8 Å². The Balaban J connectivity index is 1.53. The second kappa shape index (κ2) is 9.08. The monoisotopic (exact) mass is 442 g/mol. The molecule has 0 radical (unpaired) electrons. The van der Waals surface area contributed by atoms with Crippen molar-refractivity contribution >= 4 is 27.3 Å². The molecule has 0 fully saturated rings. The molecule has 0 aliphatic heterocycles. The summed E-state index contributed by atoms with van der Waals surface area (Å²) in [7, 11) is -3.83. The molecule has 0 aromatic heterocycles. The van der Waals surface area contributed by atoms with E-state index in [1.807, 2.05) is 61.5 Å². The van der Waals surface area contributed by atoms with Crippen molar-refractivity contribution < 1.29 is 13.2 Å². The summed E-state index contributed by atoms with van der Waals surface area (Å²) in [6.07, 6.45) is 0. The van der Waals surface area contributed by atoms with E-state index in [-0.39, 0.29) is 16.1 Å². The Morgan fingerprint density at radius 3 is 1.97 bits per heavy atom. The quantitative estimate of drug-likeness (QED) is 0.401. The van der Waals surface area contributed by atoms with Crippen LogP contribution in [-0.4, -0.2) is 14.3 Å². The van der Waals surface area contributed by atoms with E-state index in [0.29, 0.717) is 5.69 Å². The Hall–Kier alpha value is -3.90. The molecule has 2 N–H and O–H groups in total. The van der Waals surface area contributed by atoms with Gasteiger partial charge in [0.25, 0.3) is 15.9 Å². The summed E-state index contributed by atoms with van der Waals surface area (Å²) in [4.78, 5) is 13.0. The molecule has 0 bridgehead atoms.